The van der Waals surface area contributed by atoms with Gasteiger partial charge in [0.1, 0.15) is 6.10 Å². The van der Waals surface area contributed by atoms with Gasteiger partial charge in [0.05, 0.1) is 6.54 Å². The summed E-state index contributed by atoms with van der Waals surface area (Å²) >= 11 is 0. The number of piperazine rings is 1. The third-order valence-electron chi connectivity index (χ3n) is 4.77. The summed E-state index contributed by atoms with van der Waals surface area (Å²) in [5.41, 5.74) is 3.72. The summed E-state index contributed by atoms with van der Waals surface area (Å²) in [6.45, 7) is 7.53. The highest BCUT2D eigenvalue weighted by atomic mass is 16.5. The molecule has 2 saturated heterocycles. The monoisotopic (exact) mass is 316 g/mol. The molecule has 2 aliphatic rings. The Morgan fingerprint density at radius 3 is 2.65 bits per heavy atom. The fraction of sp³-hybridized carbons (Fsp3) is 0.556. The minimum Gasteiger partial charge on any atom is -0.461 e. The molecule has 0 saturated carbocycles. The molecule has 0 aromatic heterocycles. The number of hydrogen-bond acceptors (Lipinski definition) is 4. The van der Waals surface area contributed by atoms with E-state index in [0.29, 0.717) is 26.1 Å². The second kappa shape index (κ2) is 6.71. The molecule has 2 aliphatic heterocycles. The molecule has 5 nitrogen and oxygen atoms in total. The standard InChI is InChI=1S/C18H24N2O3/c1-13-3-4-15(9-14(13)2)10-20-8-7-19(12-17(20)21)11-16-5-6-18(22)23-16/h3-4,9,16H,5-8,10-12H2,1-2H3/t16-/m0/s1. The average molecular weight is 316 g/mol. The van der Waals surface area contributed by atoms with Crippen molar-refractivity contribution in [1.29, 1.82) is 0 Å². The minimum absolute atomic E-state index is 0.0402. The normalized spacial score (nSPS) is 22.5. The molecule has 2 heterocycles. The van der Waals surface area contributed by atoms with Crippen molar-refractivity contribution in [2.24, 2.45) is 0 Å². The van der Waals surface area contributed by atoms with Crippen LogP contribution in [0.4, 0.5) is 0 Å². The molecule has 0 aliphatic carbocycles. The first-order valence-electron chi connectivity index (χ1n) is 8.27. The molecule has 0 N–H and O–H groups in total. The zero-order valence-corrected chi connectivity index (χ0v) is 13.9. The number of esters is 1. The van der Waals surface area contributed by atoms with Gasteiger partial charge in [0, 0.05) is 32.6 Å². The Balaban J connectivity index is 1.53. The number of benzene rings is 1. The number of rotatable bonds is 4. The number of hydrogen-bond donors (Lipinski definition) is 0. The summed E-state index contributed by atoms with van der Waals surface area (Å²) in [6.07, 6.45) is 1.24. The first kappa shape index (κ1) is 16.0. The molecule has 1 amide bonds. The van der Waals surface area contributed by atoms with Crippen molar-refractivity contribution in [3.63, 3.8) is 0 Å². The molecule has 1 aromatic rings. The number of carbonyl (C=O) groups excluding carboxylic acids is 2. The van der Waals surface area contributed by atoms with Gasteiger partial charge in [-0.1, -0.05) is 18.2 Å². The number of amides is 1. The second-order valence-corrected chi connectivity index (χ2v) is 6.62. The zero-order chi connectivity index (χ0) is 16.4. The van der Waals surface area contributed by atoms with Crippen LogP contribution in [0.25, 0.3) is 0 Å². The lowest BCUT2D eigenvalue weighted by Gasteiger charge is -2.35. The third kappa shape index (κ3) is 3.91. The molecule has 2 fully saturated rings. The van der Waals surface area contributed by atoms with Crippen molar-refractivity contribution < 1.29 is 14.3 Å². The van der Waals surface area contributed by atoms with Crippen LogP contribution in [0, 0.1) is 13.8 Å². The van der Waals surface area contributed by atoms with Crippen molar-refractivity contribution in [3.8, 4) is 0 Å². The number of carbonyl (C=O) groups is 2. The Kier molecular flexibility index (Phi) is 4.66. The van der Waals surface area contributed by atoms with Gasteiger partial charge in [0.15, 0.2) is 0 Å². The van der Waals surface area contributed by atoms with Crippen molar-refractivity contribution in [3.05, 3.63) is 34.9 Å². The Bertz CT molecular complexity index is 614. The topological polar surface area (TPSA) is 49.9 Å². The van der Waals surface area contributed by atoms with Gasteiger partial charge >= 0.3 is 5.97 Å². The molecule has 0 bridgehead atoms. The number of ether oxygens (including phenoxy) is 1. The van der Waals surface area contributed by atoms with Gasteiger partial charge in [-0.25, -0.2) is 0 Å². The van der Waals surface area contributed by atoms with Crippen LogP contribution in [0.15, 0.2) is 18.2 Å². The smallest absolute Gasteiger partial charge is 0.306 e. The highest BCUT2D eigenvalue weighted by Crippen LogP contribution is 2.17. The van der Waals surface area contributed by atoms with Crippen LogP contribution in [-0.2, 0) is 20.9 Å². The van der Waals surface area contributed by atoms with E-state index < -0.39 is 0 Å². The molecule has 5 heteroatoms. The van der Waals surface area contributed by atoms with E-state index in [2.05, 4.69) is 36.9 Å². The maximum atomic E-state index is 12.4. The molecule has 0 radical (unpaired) electrons. The van der Waals surface area contributed by atoms with Crippen LogP contribution < -0.4 is 0 Å². The van der Waals surface area contributed by atoms with Crippen LogP contribution in [0.1, 0.15) is 29.5 Å². The first-order chi connectivity index (χ1) is 11.0. The highest BCUT2D eigenvalue weighted by Gasteiger charge is 2.29. The van der Waals surface area contributed by atoms with E-state index in [1.54, 1.807) is 0 Å². The molecular weight excluding hydrogens is 292 g/mol. The predicted octanol–water partition coefficient (Wildman–Crippen LogP) is 1.65. The van der Waals surface area contributed by atoms with Crippen LogP contribution in [0.5, 0.6) is 0 Å². The summed E-state index contributed by atoms with van der Waals surface area (Å²) < 4.78 is 5.24. The Labute approximate surface area is 137 Å². The Hall–Kier alpha value is -1.88. The number of cyclic esters (lactones) is 1. The molecule has 1 aromatic carbocycles. The quantitative estimate of drug-likeness (QED) is 0.793. The molecular formula is C18H24N2O3. The minimum atomic E-state index is -0.116. The zero-order valence-electron chi connectivity index (χ0n) is 13.9. The van der Waals surface area contributed by atoms with E-state index in [0.717, 1.165) is 19.5 Å². The second-order valence-electron chi connectivity index (χ2n) is 6.62. The summed E-state index contributed by atoms with van der Waals surface area (Å²) in [7, 11) is 0. The van der Waals surface area contributed by atoms with Gasteiger partial charge in [-0.3, -0.25) is 14.5 Å². The largest absolute Gasteiger partial charge is 0.461 e. The molecule has 1 atom stereocenters. The number of nitrogens with zero attached hydrogens (tertiary/aromatic N) is 2. The molecule has 124 valence electrons. The summed E-state index contributed by atoms with van der Waals surface area (Å²) in [5, 5.41) is 0. The van der Waals surface area contributed by atoms with Crippen LogP contribution in [0.3, 0.4) is 0 Å². The maximum absolute atomic E-state index is 12.4. The van der Waals surface area contributed by atoms with Crippen molar-refractivity contribution in [1.82, 2.24) is 9.80 Å². The van der Waals surface area contributed by atoms with Crippen LogP contribution in [-0.4, -0.2) is 54.0 Å². The SMILES string of the molecule is Cc1ccc(CN2CCN(C[C@@H]3CCC(=O)O3)CC2=O)cc1C. The van der Waals surface area contributed by atoms with Crippen molar-refractivity contribution >= 4 is 11.9 Å². The highest BCUT2D eigenvalue weighted by molar-refractivity contribution is 5.79. The van der Waals surface area contributed by atoms with Crippen LogP contribution in [0.2, 0.25) is 0 Å². The van der Waals surface area contributed by atoms with Gasteiger partial charge in [-0.05, 0) is 37.0 Å². The van der Waals surface area contributed by atoms with Crippen LogP contribution >= 0.6 is 0 Å². The summed E-state index contributed by atoms with van der Waals surface area (Å²) in [5.74, 6) is 0.0357. The van der Waals surface area contributed by atoms with E-state index in [-0.39, 0.29) is 18.0 Å². The molecule has 23 heavy (non-hydrogen) atoms. The maximum Gasteiger partial charge on any atom is 0.306 e. The van der Waals surface area contributed by atoms with E-state index in [4.69, 9.17) is 4.74 Å². The molecule has 0 unspecified atom stereocenters. The fourth-order valence-corrected chi connectivity index (χ4v) is 3.20. The lowest BCUT2D eigenvalue weighted by atomic mass is 10.1. The first-order valence-corrected chi connectivity index (χ1v) is 8.27. The van der Waals surface area contributed by atoms with E-state index in [1.165, 1.54) is 16.7 Å². The Morgan fingerprint density at radius 1 is 1.17 bits per heavy atom. The van der Waals surface area contributed by atoms with Crippen molar-refractivity contribution in [2.75, 3.05) is 26.2 Å². The van der Waals surface area contributed by atoms with Crippen molar-refractivity contribution in [2.45, 2.75) is 39.3 Å². The number of aryl methyl sites for hydroxylation is 2. The average Bonchev–Trinajstić information content (AvgIpc) is 2.91. The van der Waals surface area contributed by atoms with E-state index in [1.807, 2.05) is 4.90 Å². The predicted molar refractivity (Wildman–Crippen MR) is 86.9 cm³/mol. The van der Waals surface area contributed by atoms with Gasteiger partial charge in [-0.15, -0.1) is 0 Å². The lowest BCUT2D eigenvalue weighted by molar-refractivity contribution is -0.143. The fourth-order valence-electron chi connectivity index (χ4n) is 3.20. The summed E-state index contributed by atoms with van der Waals surface area (Å²) in [6, 6.07) is 6.37. The van der Waals surface area contributed by atoms with E-state index >= 15 is 0 Å². The van der Waals surface area contributed by atoms with Gasteiger partial charge in [0.2, 0.25) is 5.91 Å². The summed E-state index contributed by atoms with van der Waals surface area (Å²) in [4.78, 5) is 27.5. The third-order valence-corrected chi connectivity index (χ3v) is 4.77. The Morgan fingerprint density at radius 2 is 2.00 bits per heavy atom. The van der Waals surface area contributed by atoms with E-state index in [9.17, 15) is 9.59 Å². The lowest BCUT2D eigenvalue weighted by Crippen LogP contribution is -2.51. The van der Waals surface area contributed by atoms with Gasteiger partial charge in [-0.2, -0.15) is 0 Å². The van der Waals surface area contributed by atoms with Gasteiger partial charge in [0.25, 0.3) is 0 Å². The molecule has 3 rings (SSSR count). The van der Waals surface area contributed by atoms with Gasteiger partial charge < -0.3 is 9.64 Å². The molecule has 0 spiro atoms.